The average molecular weight is 354 g/mol. The molecule has 4 rings (SSSR count). The lowest BCUT2D eigenvalue weighted by Gasteiger charge is -2.24. The van der Waals surface area contributed by atoms with Crippen molar-refractivity contribution in [3.63, 3.8) is 0 Å². The van der Waals surface area contributed by atoms with E-state index in [9.17, 15) is 9.59 Å². The fourth-order valence-electron chi connectivity index (χ4n) is 3.93. The molecule has 5 nitrogen and oxygen atoms in total. The molecule has 3 atom stereocenters. The molecule has 2 N–H and O–H groups in total. The number of amides is 2. The van der Waals surface area contributed by atoms with Crippen molar-refractivity contribution in [1.29, 1.82) is 0 Å². The van der Waals surface area contributed by atoms with Gasteiger partial charge in [-0.05, 0) is 38.7 Å². The second-order valence-electron chi connectivity index (χ2n) is 7.11. The topological polar surface area (TPSA) is 76.3 Å². The number of primary amides is 1. The Hall–Kier alpha value is -2.21. The first-order valence-corrected chi connectivity index (χ1v) is 9.13. The molecule has 25 heavy (non-hydrogen) atoms. The van der Waals surface area contributed by atoms with Crippen molar-refractivity contribution >= 4 is 23.2 Å². The van der Waals surface area contributed by atoms with Gasteiger partial charge in [0.05, 0.1) is 15.3 Å². The van der Waals surface area contributed by atoms with Crippen LogP contribution in [-0.2, 0) is 4.79 Å². The van der Waals surface area contributed by atoms with Crippen LogP contribution in [0, 0.1) is 32.1 Å². The van der Waals surface area contributed by atoms with E-state index in [2.05, 4.69) is 18.0 Å². The van der Waals surface area contributed by atoms with E-state index in [-0.39, 0.29) is 23.8 Å². The van der Waals surface area contributed by atoms with Crippen LogP contribution in [0.2, 0.25) is 0 Å². The Kier molecular flexibility index (Phi) is 3.51. The molecular weight excluding hydrogens is 334 g/mol. The molecule has 1 aromatic heterocycles. The van der Waals surface area contributed by atoms with Gasteiger partial charge >= 0.3 is 0 Å². The number of rotatable bonds is 3. The Morgan fingerprint density at radius 1 is 1.40 bits per heavy atom. The van der Waals surface area contributed by atoms with Crippen LogP contribution in [0.3, 0.4) is 0 Å². The molecule has 6 heteroatoms. The zero-order valence-corrected chi connectivity index (χ0v) is 15.1. The van der Waals surface area contributed by atoms with Crippen LogP contribution in [-0.4, -0.2) is 34.3 Å². The number of aryl methyl sites for hydroxylation is 2. The minimum atomic E-state index is -0.573. The number of carbonyl (C=O) groups excluding carboxylic acids is 2. The van der Waals surface area contributed by atoms with Crippen molar-refractivity contribution in [2.24, 2.45) is 17.1 Å². The number of benzene rings is 1. The normalized spacial score (nSPS) is 27.2. The number of aromatic nitrogens is 1. The van der Waals surface area contributed by atoms with E-state index in [0.717, 1.165) is 27.4 Å². The number of hydrogen-bond donors (Lipinski definition) is 1. The van der Waals surface area contributed by atoms with Crippen molar-refractivity contribution in [3.05, 3.63) is 47.5 Å². The molecule has 1 radical (unpaired) electrons. The molecule has 1 aliphatic carbocycles. The van der Waals surface area contributed by atoms with Crippen molar-refractivity contribution in [3.8, 4) is 10.4 Å². The molecule has 0 spiro atoms. The summed E-state index contributed by atoms with van der Waals surface area (Å²) in [5, 5.41) is 0.842. The molecule has 0 unspecified atom stereocenters. The Morgan fingerprint density at radius 2 is 2.16 bits per heavy atom. The number of thiazole rings is 1. The maximum atomic E-state index is 13.2. The van der Waals surface area contributed by atoms with Crippen LogP contribution in [0.1, 0.15) is 27.5 Å². The van der Waals surface area contributed by atoms with Crippen LogP contribution in [0.4, 0.5) is 0 Å². The highest BCUT2D eigenvalue weighted by molar-refractivity contribution is 7.15. The highest BCUT2D eigenvalue weighted by Gasteiger charge is 2.68. The number of fused-ring (bicyclic) bond motifs is 1. The zero-order valence-electron chi connectivity index (χ0n) is 14.3. The van der Waals surface area contributed by atoms with Crippen molar-refractivity contribution in [2.75, 3.05) is 6.54 Å². The van der Waals surface area contributed by atoms with E-state index in [1.54, 1.807) is 4.90 Å². The van der Waals surface area contributed by atoms with Crippen molar-refractivity contribution < 1.29 is 9.59 Å². The number of carbonyl (C=O) groups is 2. The Morgan fingerprint density at radius 3 is 2.80 bits per heavy atom. The first-order chi connectivity index (χ1) is 11.8. The lowest BCUT2D eigenvalue weighted by atomic mass is 10.1. The van der Waals surface area contributed by atoms with Crippen molar-refractivity contribution in [2.45, 2.75) is 26.3 Å². The highest BCUT2D eigenvalue weighted by atomic mass is 32.1. The summed E-state index contributed by atoms with van der Waals surface area (Å²) in [6.07, 6.45) is 0.737. The molecule has 1 aromatic carbocycles. The molecule has 2 amide bonds. The first kappa shape index (κ1) is 16.3. The summed E-state index contributed by atoms with van der Waals surface area (Å²) < 4.78 is 0. The molecule has 0 bridgehead atoms. The van der Waals surface area contributed by atoms with Gasteiger partial charge in [-0.1, -0.05) is 29.8 Å². The summed E-state index contributed by atoms with van der Waals surface area (Å²) in [6, 6.07) is 7.82. The van der Waals surface area contributed by atoms with E-state index < -0.39 is 5.41 Å². The van der Waals surface area contributed by atoms with E-state index in [1.165, 1.54) is 11.3 Å². The largest absolute Gasteiger partial charge is 0.369 e. The van der Waals surface area contributed by atoms with Crippen LogP contribution < -0.4 is 5.73 Å². The second-order valence-corrected chi connectivity index (χ2v) is 8.31. The summed E-state index contributed by atoms with van der Waals surface area (Å²) in [5.74, 6) is -0.403. The smallest absolute Gasteiger partial charge is 0.274 e. The molecule has 2 fully saturated rings. The lowest BCUT2D eigenvalue weighted by molar-refractivity contribution is -0.123. The van der Waals surface area contributed by atoms with Crippen molar-refractivity contribution in [1.82, 2.24) is 9.88 Å². The fourth-order valence-corrected chi connectivity index (χ4v) is 4.84. The second kappa shape index (κ2) is 5.39. The number of hydrogen-bond acceptors (Lipinski definition) is 4. The molecular formula is C19H20N3O2S. The molecule has 2 aromatic rings. The standard InChI is InChI=1S/C19H20N3O2S/c1-10-5-4-6-13(7-10)16-15(21-12(3)25-16)17(23)22-9-19(18(20)24)8-14(19)11(22)2/h4-7,11,14H,2,8-9H2,1,3H3,(H2,20,24)/t11-,14+,19-/m0/s1. The minimum Gasteiger partial charge on any atom is -0.369 e. The van der Waals surface area contributed by atoms with Crippen LogP contribution in [0.15, 0.2) is 24.3 Å². The molecule has 2 aliphatic rings. The zero-order chi connectivity index (χ0) is 17.9. The number of nitrogens with zero attached hydrogens (tertiary/aromatic N) is 2. The highest BCUT2D eigenvalue weighted by Crippen LogP contribution is 2.60. The third-order valence-corrected chi connectivity index (χ3v) is 6.44. The van der Waals surface area contributed by atoms with E-state index in [4.69, 9.17) is 5.73 Å². The SMILES string of the molecule is [CH2][C@H]1[C@H]2C[C@]2(C(N)=O)CN1C(=O)c1nc(C)sc1-c1cccc(C)c1. The van der Waals surface area contributed by atoms with Crippen LogP contribution in [0.5, 0.6) is 0 Å². The quantitative estimate of drug-likeness (QED) is 0.920. The molecule has 1 saturated heterocycles. The van der Waals surface area contributed by atoms with Gasteiger partial charge in [0, 0.05) is 12.6 Å². The van der Waals surface area contributed by atoms with E-state index in [1.807, 2.05) is 32.0 Å². The summed E-state index contributed by atoms with van der Waals surface area (Å²) in [4.78, 5) is 32.0. The first-order valence-electron chi connectivity index (χ1n) is 8.32. The molecule has 129 valence electrons. The molecule has 1 aliphatic heterocycles. The Balaban J connectivity index is 1.69. The van der Waals surface area contributed by atoms with Gasteiger partial charge in [-0.2, -0.15) is 0 Å². The maximum absolute atomic E-state index is 13.2. The molecule has 1 saturated carbocycles. The van der Waals surface area contributed by atoms with E-state index in [0.29, 0.717) is 12.2 Å². The van der Waals surface area contributed by atoms with Gasteiger partial charge in [0.25, 0.3) is 5.91 Å². The van der Waals surface area contributed by atoms with Crippen LogP contribution in [0.25, 0.3) is 10.4 Å². The monoisotopic (exact) mass is 354 g/mol. The lowest BCUT2D eigenvalue weighted by Crippen LogP contribution is -2.39. The number of likely N-dealkylation sites (tertiary alicyclic amines) is 1. The van der Waals surface area contributed by atoms with Gasteiger partial charge in [-0.3, -0.25) is 9.59 Å². The average Bonchev–Trinajstić information content (AvgIpc) is 3.07. The van der Waals surface area contributed by atoms with Gasteiger partial charge in [-0.15, -0.1) is 11.3 Å². The predicted molar refractivity (Wildman–Crippen MR) is 96.9 cm³/mol. The summed E-state index contributed by atoms with van der Waals surface area (Å²) in [5.41, 5.74) is 7.56. The summed E-state index contributed by atoms with van der Waals surface area (Å²) in [7, 11) is 0. The van der Waals surface area contributed by atoms with Gasteiger partial charge in [0.1, 0.15) is 5.69 Å². The third-order valence-electron chi connectivity index (χ3n) is 5.42. The van der Waals surface area contributed by atoms with Gasteiger partial charge in [-0.25, -0.2) is 4.98 Å². The van der Waals surface area contributed by atoms with Crippen LogP contribution >= 0.6 is 11.3 Å². The predicted octanol–water partition coefficient (Wildman–Crippen LogP) is 2.58. The summed E-state index contributed by atoms with van der Waals surface area (Å²) in [6.45, 7) is 8.38. The Labute approximate surface area is 150 Å². The molecule has 2 heterocycles. The third kappa shape index (κ3) is 2.39. The minimum absolute atomic E-state index is 0.0797. The fraction of sp³-hybridized carbons (Fsp3) is 0.368. The number of piperidine rings is 1. The van der Waals surface area contributed by atoms with E-state index >= 15 is 0 Å². The Bertz CT molecular complexity index is 891. The van der Waals surface area contributed by atoms with Gasteiger partial charge in [0.2, 0.25) is 5.91 Å². The summed E-state index contributed by atoms with van der Waals surface area (Å²) >= 11 is 1.51. The van der Waals surface area contributed by atoms with Gasteiger partial charge < -0.3 is 10.6 Å². The number of nitrogens with two attached hydrogens (primary N) is 1. The maximum Gasteiger partial charge on any atom is 0.274 e. The van der Waals surface area contributed by atoms with Gasteiger partial charge in [0.15, 0.2) is 0 Å².